The topological polar surface area (TPSA) is 53.0 Å². The van der Waals surface area contributed by atoms with Crippen molar-refractivity contribution in [1.82, 2.24) is 9.80 Å². The van der Waals surface area contributed by atoms with Gasteiger partial charge in [-0.3, -0.25) is 4.90 Å². The molecule has 7 rings (SSSR count). The van der Waals surface area contributed by atoms with Crippen molar-refractivity contribution in [2.24, 2.45) is 17.3 Å². The van der Waals surface area contributed by atoms with Gasteiger partial charge in [-0.05, 0) is 96.8 Å². The Morgan fingerprint density at radius 3 is 2.46 bits per heavy atom. The van der Waals surface area contributed by atoms with Crippen LogP contribution in [0.1, 0.15) is 56.7 Å². The van der Waals surface area contributed by atoms with Crippen molar-refractivity contribution >= 4 is 17.7 Å². The maximum atomic E-state index is 12.7. The molecule has 6 heteroatoms. The molecule has 4 fully saturated rings. The van der Waals surface area contributed by atoms with Crippen molar-refractivity contribution in [3.05, 3.63) is 52.5 Å². The van der Waals surface area contributed by atoms with Crippen molar-refractivity contribution < 1.29 is 14.6 Å². The Morgan fingerprint density at radius 2 is 1.83 bits per heavy atom. The Hall–Kier alpha value is -2.24. The molecule has 5 aliphatic rings. The highest BCUT2D eigenvalue weighted by molar-refractivity contribution is 6.32. The molecule has 1 N–H and O–H groups in total. The van der Waals surface area contributed by atoms with E-state index in [-0.39, 0.29) is 17.5 Å². The van der Waals surface area contributed by atoms with E-state index in [1.807, 2.05) is 17.0 Å². The van der Waals surface area contributed by atoms with Crippen molar-refractivity contribution in [3.63, 3.8) is 0 Å². The molecule has 2 aliphatic carbocycles. The van der Waals surface area contributed by atoms with E-state index in [0.717, 1.165) is 67.9 Å². The number of carbonyl (C=O) groups is 1. The molecule has 0 radical (unpaired) electrons. The van der Waals surface area contributed by atoms with Crippen LogP contribution in [-0.4, -0.2) is 53.3 Å². The van der Waals surface area contributed by atoms with Crippen LogP contribution in [0.4, 0.5) is 4.79 Å². The van der Waals surface area contributed by atoms with Gasteiger partial charge in [0.15, 0.2) is 0 Å². The Labute approximate surface area is 213 Å². The van der Waals surface area contributed by atoms with E-state index in [4.69, 9.17) is 16.3 Å². The van der Waals surface area contributed by atoms with Gasteiger partial charge in [-0.15, -0.1) is 0 Å². The van der Waals surface area contributed by atoms with Gasteiger partial charge in [-0.1, -0.05) is 49.7 Å². The monoisotopic (exact) mass is 494 g/mol. The van der Waals surface area contributed by atoms with Crippen molar-refractivity contribution in [1.29, 1.82) is 0 Å². The third kappa shape index (κ3) is 4.31. The number of nitrogens with zero attached hydrogens (tertiary/aromatic N) is 2. The molecule has 1 amide bonds. The van der Waals surface area contributed by atoms with Crippen LogP contribution >= 0.6 is 11.6 Å². The second-order valence-electron chi connectivity index (χ2n) is 11.8. The minimum absolute atomic E-state index is 0.0758. The first-order valence-corrected chi connectivity index (χ1v) is 13.5. The lowest BCUT2D eigenvalue weighted by molar-refractivity contribution is -0.0267. The van der Waals surface area contributed by atoms with Gasteiger partial charge < -0.3 is 14.7 Å². The fraction of sp³-hybridized carbons (Fsp3) is 0.552. The Bertz CT molecular complexity index is 1140. The molecule has 2 aromatic rings. The zero-order valence-electron chi connectivity index (χ0n) is 20.7. The lowest BCUT2D eigenvalue weighted by Crippen LogP contribution is -2.60. The normalized spacial score (nSPS) is 28.5. The summed E-state index contributed by atoms with van der Waals surface area (Å²) < 4.78 is 5.90. The first kappa shape index (κ1) is 23.2. The molecule has 186 valence electrons. The number of fused-ring (bicyclic) bond motifs is 4. The van der Waals surface area contributed by atoms with Gasteiger partial charge in [0, 0.05) is 6.54 Å². The molecular formula is C29H35ClN2O3. The van der Waals surface area contributed by atoms with Gasteiger partial charge in [-0.2, -0.15) is 0 Å². The van der Waals surface area contributed by atoms with Crippen LogP contribution in [0.2, 0.25) is 5.02 Å². The molecule has 3 saturated heterocycles. The summed E-state index contributed by atoms with van der Waals surface area (Å²) >= 11 is 6.56. The molecule has 0 spiro atoms. The largest absolute Gasteiger partial charge is 0.492 e. The van der Waals surface area contributed by atoms with E-state index in [9.17, 15) is 9.90 Å². The van der Waals surface area contributed by atoms with E-state index in [2.05, 4.69) is 43.0 Å². The fourth-order valence-electron chi connectivity index (χ4n) is 6.72. The molecular weight excluding hydrogens is 460 g/mol. The molecule has 5 nitrogen and oxygen atoms in total. The second-order valence-corrected chi connectivity index (χ2v) is 12.2. The number of amides is 1. The van der Waals surface area contributed by atoms with Crippen LogP contribution in [0.5, 0.6) is 5.75 Å². The van der Waals surface area contributed by atoms with Crippen molar-refractivity contribution in [2.45, 2.75) is 58.0 Å². The highest BCUT2D eigenvalue weighted by atomic mass is 35.5. The van der Waals surface area contributed by atoms with Crippen molar-refractivity contribution in [3.8, 4) is 16.9 Å². The average Bonchev–Trinajstić information content (AvgIpc) is 3.62. The van der Waals surface area contributed by atoms with Crippen LogP contribution in [0.15, 0.2) is 36.4 Å². The first-order chi connectivity index (χ1) is 16.8. The van der Waals surface area contributed by atoms with E-state index in [1.165, 1.54) is 18.4 Å². The molecule has 0 aromatic heterocycles. The number of piperidine rings is 3. The SMILES string of the molecule is CC1(C)Cc2cc(-c3ccc(OCC4CC4)c(Cl)c3)ccc2[C@@H]1N(C(=O)O)[C@@H]1CN2CCC1CC2. The summed E-state index contributed by atoms with van der Waals surface area (Å²) in [6.07, 6.45) is 4.79. The molecule has 1 saturated carbocycles. The van der Waals surface area contributed by atoms with Gasteiger partial charge >= 0.3 is 6.09 Å². The molecule has 3 aliphatic heterocycles. The number of hydrogen-bond donors (Lipinski definition) is 1. The summed E-state index contributed by atoms with van der Waals surface area (Å²) in [7, 11) is 0. The summed E-state index contributed by atoms with van der Waals surface area (Å²) in [6.45, 7) is 8.26. The molecule has 2 aromatic carbocycles. The lowest BCUT2D eigenvalue weighted by atomic mass is 9.79. The van der Waals surface area contributed by atoms with Gasteiger partial charge in [0.05, 0.1) is 23.7 Å². The smallest absolute Gasteiger partial charge is 0.408 e. The molecule has 2 bridgehead atoms. The summed E-state index contributed by atoms with van der Waals surface area (Å²) in [6, 6.07) is 12.5. The minimum Gasteiger partial charge on any atom is -0.492 e. The zero-order valence-corrected chi connectivity index (χ0v) is 21.4. The highest BCUT2D eigenvalue weighted by Gasteiger charge is 2.50. The number of carboxylic acid groups (broad SMARTS) is 1. The molecule has 3 heterocycles. The van der Waals surface area contributed by atoms with Crippen LogP contribution in [0.25, 0.3) is 11.1 Å². The number of benzene rings is 2. The molecule has 0 unspecified atom stereocenters. The maximum Gasteiger partial charge on any atom is 0.408 e. The van der Waals surface area contributed by atoms with Gasteiger partial charge in [-0.25, -0.2) is 4.79 Å². The predicted octanol–water partition coefficient (Wildman–Crippen LogP) is 6.49. The van der Waals surface area contributed by atoms with Crippen LogP contribution < -0.4 is 4.74 Å². The van der Waals surface area contributed by atoms with Crippen LogP contribution in [-0.2, 0) is 6.42 Å². The Kier molecular flexibility index (Phi) is 5.76. The number of halogens is 1. The molecule has 35 heavy (non-hydrogen) atoms. The minimum atomic E-state index is -0.785. The third-order valence-corrected chi connectivity index (χ3v) is 9.03. The predicted molar refractivity (Wildman–Crippen MR) is 138 cm³/mol. The number of rotatable bonds is 6. The lowest BCUT2D eigenvalue weighted by Gasteiger charge is -2.51. The van der Waals surface area contributed by atoms with Gasteiger partial charge in [0.1, 0.15) is 5.75 Å². The number of ether oxygens (including phenoxy) is 1. The van der Waals surface area contributed by atoms with Crippen LogP contribution in [0, 0.1) is 17.3 Å². The number of hydrogen-bond acceptors (Lipinski definition) is 3. The average molecular weight is 495 g/mol. The summed E-state index contributed by atoms with van der Waals surface area (Å²) in [4.78, 5) is 17.0. The van der Waals surface area contributed by atoms with Gasteiger partial charge in [0.2, 0.25) is 0 Å². The Morgan fingerprint density at radius 1 is 1.11 bits per heavy atom. The summed E-state index contributed by atoms with van der Waals surface area (Å²) in [5.74, 6) is 1.91. The maximum absolute atomic E-state index is 12.7. The quantitative estimate of drug-likeness (QED) is 0.498. The standard InChI is InChI=1S/C29H35ClN2O3/c1-29(2)15-22-13-20(21-6-8-26(24(30)14-21)35-17-18-3-4-18)5-7-23(22)27(29)32(28(33)34)25-16-31-11-9-19(25)10-12-31/h5-8,13-14,18-19,25,27H,3-4,9-12,15-17H2,1-2H3,(H,33,34)/t25-,27+/m1/s1. The van der Waals surface area contributed by atoms with E-state index < -0.39 is 6.09 Å². The van der Waals surface area contributed by atoms with Gasteiger partial charge in [0.25, 0.3) is 0 Å². The van der Waals surface area contributed by atoms with E-state index in [1.54, 1.807) is 0 Å². The summed E-state index contributed by atoms with van der Waals surface area (Å²) in [5.41, 5.74) is 4.41. The fourth-order valence-corrected chi connectivity index (χ4v) is 6.96. The summed E-state index contributed by atoms with van der Waals surface area (Å²) in [5, 5.41) is 11.1. The second kappa shape index (κ2) is 8.70. The van der Waals surface area contributed by atoms with Crippen molar-refractivity contribution in [2.75, 3.05) is 26.2 Å². The third-order valence-electron chi connectivity index (χ3n) is 8.74. The first-order valence-electron chi connectivity index (χ1n) is 13.1. The molecule has 2 atom stereocenters. The van der Waals surface area contributed by atoms with E-state index >= 15 is 0 Å². The van der Waals surface area contributed by atoms with Crippen LogP contribution in [0.3, 0.4) is 0 Å². The zero-order chi connectivity index (χ0) is 24.3. The van der Waals surface area contributed by atoms with E-state index in [0.29, 0.717) is 16.9 Å². The Balaban J connectivity index is 1.29. The highest BCUT2D eigenvalue weighted by Crippen LogP contribution is 2.51.